The van der Waals surface area contributed by atoms with Crippen LogP contribution in [0, 0.1) is 0 Å². The quantitative estimate of drug-likeness (QED) is 0.667. The molecule has 3 N–H and O–H groups in total. The van der Waals surface area contributed by atoms with Gasteiger partial charge in [0.15, 0.2) is 0 Å². The van der Waals surface area contributed by atoms with Crippen molar-refractivity contribution in [1.82, 2.24) is 14.8 Å². The fourth-order valence-corrected chi connectivity index (χ4v) is 3.46. The number of aromatic nitrogens is 3. The molecule has 0 aliphatic carbocycles. The summed E-state index contributed by atoms with van der Waals surface area (Å²) >= 11 is 0. The summed E-state index contributed by atoms with van der Waals surface area (Å²) in [5.41, 5.74) is 1.04. The highest BCUT2D eigenvalue weighted by Crippen LogP contribution is 2.35. The minimum absolute atomic E-state index is 0.0228. The monoisotopic (exact) mass is 338 g/mol. The van der Waals surface area contributed by atoms with Crippen LogP contribution in [0.4, 0.5) is 5.82 Å². The predicted octanol–water partition coefficient (Wildman–Crippen LogP) is 2.07. The number of hydrogen-bond donors (Lipinski definition) is 3. The Hall–Kier alpha value is -3.09. The molecule has 2 aromatic heterocycles. The Kier molecular flexibility index (Phi) is 3.38. The highest BCUT2D eigenvalue weighted by Gasteiger charge is 2.34. The van der Waals surface area contributed by atoms with E-state index >= 15 is 0 Å². The minimum Gasteiger partial charge on any atom is -0.322 e. The van der Waals surface area contributed by atoms with Crippen molar-refractivity contribution in [2.45, 2.75) is 32.2 Å². The molecular weight excluding hydrogens is 320 g/mol. The summed E-state index contributed by atoms with van der Waals surface area (Å²) in [4.78, 5) is 40.2. The molecule has 0 radical (unpaired) electrons. The number of amides is 1. The van der Waals surface area contributed by atoms with E-state index in [2.05, 4.69) is 15.4 Å². The van der Waals surface area contributed by atoms with E-state index in [1.165, 1.54) is 0 Å². The Bertz CT molecular complexity index is 1100. The van der Waals surface area contributed by atoms with Gasteiger partial charge in [-0.3, -0.25) is 24.2 Å². The number of para-hydroxylation sites is 1. The molecule has 1 unspecified atom stereocenters. The van der Waals surface area contributed by atoms with Gasteiger partial charge >= 0.3 is 0 Å². The van der Waals surface area contributed by atoms with Gasteiger partial charge in [0.1, 0.15) is 5.82 Å². The number of carbonyl (C=O) groups excluding carboxylic acids is 1. The first-order valence-corrected chi connectivity index (χ1v) is 8.22. The van der Waals surface area contributed by atoms with Crippen LogP contribution in [0.2, 0.25) is 0 Å². The van der Waals surface area contributed by atoms with Crippen LogP contribution in [0.1, 0.15) is 43.4 Å². The number of anilines is 1. The van der Waals surface area contributed by atoms with Gasteiger partial charge in [0.05, 0.1) is 5.56 Å². The summed E-state index contributed by atoms with van der Waals surface area (Å²) < 4.78 is 1.64. The van der Waals surface area contributed by atoms with Gasteiger partial charge in [-0.2, -0.15) is 0 Å². The Balaban J connectivity index is 1.96. The summed E-state index contributed by atoms with van der Waals surface area (Å²) in [6.45, 7) is 3.82. The molecule has 0 fully saturated rings. The summed E-state index contributed by atoms with van der Waals surface area (Å²) in [6.07, 6.45) is 0.0691. The molecule has 1 aliphatic heterocycles. The number of rotatable bonds is 2. The maximum absolute atomic E-state index is 12.6. The number of carbonyl (C=O) groups is 1. The standard InChI is InChI=1S/C18H18N4O3/c1-9(2)22-16-15(18(25)21-22)11(8-14(23)20-16)12-7-10-5-3-4-6-13(10)19-17(12)24/h3-7,9,11H,8H2,1-2H3,(H,19,24)(H,20,23)(H,21,25). The molecule has 1 atom stereocenters. The molecule has 7 nitrogen and oxygen atoms in total. The minimum atomic E-state index is -0.569. The maximum atomic E-state index is 12.6. The van der Waals surface area contributed by atoms with E-state index in [1.807, 2.05) is 38.1 Å². The number of nitrogens with one attached hydrogen (secondary N) is 3. The van der Waals surface area contributed by atoms with Crippen molar-refractivity contribution in [3.63, 3.8) is 0 Å². The molecule has 1 aromatic carbocycles. The van der Waals surface area contributed by atoms with Crippen LogP contribution in [0.5, 0.6) is 0 Å². The average molecular weight is 338 g/mol. The van der Waals surface area contributed by atoms with Crippen LogP contribution in [0.15, 0.2) is 39.9 Å². The van der Waals surface area contributed by atoms with Crippen molar-refractivity contribution in [3.8, 4) is 0 Å². The fraction of sp³-hybridized carbons (Fsp3) is 0.278. The molecule has 0 spiro atoms. The number of nitrogens with zero attached hydrogens (tertiary/aromatic N) is 1. The Morgan fingerprint density at radius 3 is 2.64 bits per heavy atom. The lowest BCUT2D eigenvalue weighted by molar-refractivity contribution is -0.116. The second-order valence-corrected chi connectivity index (χ2v) is 6.61. The summed E-state index contributed by atoms with van der Waals surface area (Å²) in [6, 6.07) is 9.19. The Morgan fingerprint density at radius 1 is 1.12 bits per heavy atom. The number of H-pyrrole nitrogens is 2. The lowest BCUT2D eigenvalue weighted by atomic mass is 9.87. The van der Waals surface area contributed by atoms with E-state index in [-0.39, 0.29) is 29.5 Å². The second kappa shape index (κ2) is 5.47. The zero-order chi connectivity index (χ0) is 17.7. The van der Waals surface area contributed by atoms with Crippen LogP contribution in [-0.2, 0) is 4.79 Å². The number of pyridine rings is 1. The van der Waals surface area contributed by atoms with Crippen molar-refractivity contribution >= 4 is 22.6 Å². The van der Waals surface area contributed by atoms with Crippen molar-refractivity contribution < 1.29 is 4.79 Å². The van der Waals surface area contributed by atoms with Gasteiger partial charge in [0, 0.05) is 29.5 Å². The number of benzene rings is 1. The first-order chi connectivity index (χ1) is 12.0. The third-order valence-corrected chi connectivity index (χ3v) is 4.63. The van der Waals surface area contributed by atoms with Gasteiger partial charge in [0.2, 0.25) is 5.91 Å². The molecule has 1 amide bonds. The van der Waals surface area contributed by atoms with Gasteiger partial charge in [0.25, 0.3) is 11.1 Å². The van der Waals surface area contributed by atoms with Gasteiger partial charge in [-0.15, -0.1) is 0 Å². The van der Waals surface area contributed by atoms with E-state index in [0.29, 0.717) is 16.9 Å². The van der Waals surface area contributed by atoms with Gasteiger partial charge in [-0.1, -0.05) is 18.2 Å². The molecule has 0 saturated heterocycles. The number of fused-ring (bicyclic) bond motifs is 2. The molecule has 25 heavy (non-hydrogen) atoms. The lowest BCUT2D eigenvalue weighted by Gasteiger charge is -2.23. The highest BCUT2D eigenvalue weighted by atomic mass is 16.2. The number of hydrogen-bond acceptors (Lipinski definition) is 3. The van der Waals surface area contributed by atoms with Crippen LogP contribution in [-0.4, -0.2) is 20.7 Å². The van der Waals surface area contributed by atoms with E-state index in [4.69, 9.17) is 0 Å². The normalized spacial score (nSPS) is 16.9. The summed E-state index contributed by atoms with van der Waals surface area (Å²) in [5.74, 6) is -0.326. The SMILES string of the molecule is CC(C)n1[nH]c(=O)c2c1NC(=O)CC2c1cc2ccccc2[nH]c1=O. The van der Waals surface area contributed by atoms with Crippen molar-refractivity contribution in [2.24, 2.45) is 0 Å². The second-order valence-electron chi connectivity index (χ2n) is 6.61. The smallest absolute Gasteiger partial charge is 0.270 e. The molecule has 3 heterocycles. The molecular formula is C18H18N4O3. The third kappa shape index (κ3) is 2.39. The average Bonchev–Trinajstić information content (AvgIpc) is 2.90. The van der Waals surface area contributed by atoms with Crippen molar-refractivity contribution in [2.75, 3.05) is 5.32 Å². The van der Waals surface area contributed by atoms with Gasteiger partial charge in [-0.25, -0.2) is 0 Å². The zero-order valence-electron chi connectivity index (χ0n) is 13.9. The lowest BCUT2D eigenvalue weighted by Crippen LogP contribution is -2.30. The van der Waals surface area contributed by atoms with E-state index in [1.54, 1.807) is 10.7 Å². The van der Waals surface area contributed by atoms with Gasteiger partial charge in [-0.05, 0) is 31.4 Å². The molecule has 4 rings (SSSR count). The molecule has 0 saturated carbocycles. The molecule has 0 bridgehead atoms. The van der Waals surface area contributed by atoms with Crippen molar-refractivity contribution in [1.29, 1.82) is 0 Å². The molecule has 1 aliphatic rings. The predicted molar refractivity (Wildman–Crippen MR) is 95.1 cm³/mol. The Morgan fingerprint density at radius 2 is 1.88 bits per heavy atom. The summed E-state index contributed by atoms with van der Waals surface area (Å²) in [5, 5.41) is 6.40. The van der Waals surface area contributed by atoms with Gasteiger partial charge < -0.3 is 10.3 Å². The first-order valence-electron chi connectivity index (χ1n) is 8.22. The van der Waals surface area contributed by atoms with Crippen LogP contribution < -0.4 is 16.4 Å². The van der Waals surface area contributed by atoms with Crippen LogP contribution in [0.3, 0.4) is 0 Å². The van der Waals surface area contributed by atoms with E-state index in [0.717, 1.165) is 10.9 Å². The zero-order valence-corrected chi connectivity index (χ0v) is 13.9. The van der Waals surface area contributed by atoms with E-state index < -0.39 is 5.92 Å². The molecule has 7 heteroatoms. The first kappa shape index (κ1) is 15.4. The third-order valence-electron chi connectivity index (χ3n) is 4.63. The Labute approximate surface area is 142 Å². The number of aromatic amines is 2. The largest absolute Gasteiger partial charge is 0.322 e. The van der Waals surface area contributed by atoms with Crippen LogP contribution in [0.25, 0.3) is 10.9 Å². The maximum Gasteiger partial charge on any atom is 0.270 e. The summed E-state index contributed by atoms with van der Waals surface area (Å²) in [7, 11) is 0. The highest BCUT2D eigenvalue weighted by molar-refractivity contribution is 5.94. The molecule has 3 aromatic rings. The topological polar surface area (TPSA) is 99.8 Å². The van der Waals surface area contributed by atoms with Crippen LogP contribution >= 0.6 is 0 Å². The van der Waals surface area contributed by atoms with E-state index in [9.17, 15) is 14.4 Å². The van der Waals surface area contributed by atoms with Crippen molar-refractivity contribution in [3.05, 3.63) is 62.2 Å². The molecule has 128 valence electrons. The fourth-order valence-electron chi connectivity index (χ4n) is 3.46.